The molecule has 2 heterocycles. The fraction of sp³-hybridized carbons (Fsp3) is 0.353. The lowest BCUT2D eigenvalue weighted by molar-refractivity contribution is -0.149. The van der Waals surface area contributed by atoms with E-state index in [2.05, 4.69) is 4.98 Å². The van der Waals surface area contributed by atoms with E-state index in [0.717, 1.165) is 11.3 Å². The van der Waals surface area contributed by atoms with Gasteiger partial charge >= 0.3 is 5.97 Å². The molecule has 1 N–H and O–H groups in total. The van der Waals surface area contributed by atoms with Crippen molar-refractivity contribution < 1.29 is 23.8 Å². The molecule has 1 aliphatic rings. The molecule has 138 valence electrons. The van der Waals surface area contributed by atoms with Crippen LogP contribution in [-0.4, -0.2) is 45.6 Å². The molecule has 1 fully saturated rings. The van der Waals surface area contributed by atoms with Crippen LogP contribution in [0.3, 0.4) is 0 Å². The zero-order chi connectivity index (χ0) is 18.9. The van der Waals surface area contributed by atoms with Gasteiger partial charge in [-0.05, 0) is 31.2 Å². The number of ether oxygens (including phenoxy) is 1. The first-order chi connectivity index (χ1) is 12.3. The Morgan fingerprint density at radius 1 is 1.42 bits per heavy atom. The Morgan fingerprint density at radius 2 is 2.12 bits per heavy atom. The highest BCUT2D eigenvalue weighted by Gasteiger charge is 2.47. The van der Waals surface area contributed by atoms with E-state index in [1.807, 2.05) is 0 Å². The van der Waals surface area contributed by atoms with E-state index in [1.165, 1.54) is 4.90 Å². The van der Waals surface area contributed by atoms with Crippen LogP contribution in [0.5, 0.6) is 5.75 Å². The summed E-state index contributed by atoms with van der Waals surface area (Å²) >= 11 is 6.98. The van der Waals surface area contributed by atoms with Crippen LogP contribution in [0, 0.1) is 6.92 Å². The molecule has 26 heavy (non-hydrogen) atoms. The molecule has 0 spiro atoms. The number of carboxylic acids is 1. The van der Waals surface area contributed by atoms with Crippen LogP contribution in [0.4, 0.5) is 4.39 Å². The molecule has 2 aromatic rings. The van der Waals surface area contributed by atoms with Gasteiger partial charge in [-0.15, -0.1) is 11.3 Å². The van der Waals surface area contributed by atoms with Crippen molar-refractivity contribution in [1.82, 2.24) is 9.88 Å². The van der Waals surface area contributed by atoms with Gasteiger partial charge in [0.15, 0.2) is 0 Å². The number of likely N-dealkylation sites (tertiary alicyclic amines) is 1. The summed E-state index contributed by atoms with van der Waals surface area (Å²) in [6.07, 6.45) is -0.210. The summed E-state index contributed by atoms with van der Waals surface area (Å²) < 4.78 is 19.8. The fourth-order valence-corrected chi connectivity index (χ4v) is 3.72. The third kappa shape index (κ3) is 3.81. The van der Waals surface area contributed by atoms with Gasteiger partial charge in [0.25, 0.3) is 5.91 Å². The van der Waals surface area contributed by atoms with Crippen LogP contribution in [0.15, 0.2) is 24.3 Å². The van der Waals surface area contributed by atoms with Crippen LogP contribution in [0.1, 0.15) is 26.8 Å². The normalized spacial score (nSPS) is 19.6. The number of amides is 1. The molecule has 1 saturated heterocycles. The van der Waals surface area contributed by atoms with Crippen LogP contribution in [0.2, 0.25) is 5.02 Å². The van der Waals surface area contributed by atoms with Crippen molar-refractivity contribution in [3.63, 3.8) is 0 Å². The number of benzene rings is 1. The molecule has 0 radical (unpaired) electrons. The van der Waals surface area contributed by atoms with Crippen molar-refractivity contribution in [2.24, 2.45) is 0 Å². The van der Waals surface area contributed by atoms with E-state index in [0.29, 0.717) is 26.4 Å². The number of nitrogens with zero attached hydrogens (tertiary/aromatic N) is 2. The SMILES string of the molecule is Cc1nc(COc2ccc(Cl)cc2)sc1C(=O)N1CCC(F)(C(=O)O)C1. The lowest BCUT2D eigenvalue weighted by Crippen LogP contribution is -2.38. The van der Waals surface area contributed by atoms with Crippen molar-refractivity contribution in [3.05, 3.63) is 44.9 Å². The Labute approximate surface area is 158 Å². The summed E-state index contributed by atoms with van der Waals surface area (Å²) in [4.78, 5) is 29.5. The maximum atomic E-state index is 14.2. The molecular weight excluding hydrogens is 383 g/mol. The van der Waals surface area contributed by atoms with Gasteiger partial charge in [0, 0.05) is 18.0 Å². The molecule has 1 aliphatic heterocycles. The van der Waals surface area contributed by atoms with Crippen molar-refractivity contribution in [1.29, 1.82) is 0 Å². The number of carboxylic acid groups (broad SMARTS) is 1. The van der Waals surface area contributed by atoms with E-state index in [4.69, 9.17) is 21.4 Å². The summed E-state index contributed by atoms with van der Waals surface area (Å²) in [5, 5.41) is 10.2. The number of aromatic nitrogens is 1. The molecule has 1 aromatic carbocycles. The minimum atomic E-state index is -2.38. The summed E-state index contributed by atoms with van der Waals surface area (Å²) in [6.45, 7) is 1.48. The number of aryl methyl sites for hydroxylation is 1. The van der Waals surface area contributed by atoms with Crippen LogP contribution in [-0.2, 0) is 11.4 Å². The third-order valence-electron chi connectivity index (χ3n) is 4.10. The quantitative estimate of drug-likeness (QED) is 0.835. The second-order valence-corrected chi connectivity index (χ2v) is 7.53. The van der Waals surface area contributed by atoms with E-state index < -0.39 is 24.1 Å². The second kappa shape index (κ2) is 7.20. The molecule has 0 aliphatic carbocycles. The number of hydrogen-bond donors (Lipinski definition) is 1. The number of carbonyl (C=O) groups is 2. The Hall–Kier alpha value is -2.19. The van der Waals surface area contributed by atoms with Crippen molar-refractivity contribution in [3.8, 4) is 5.75 Å². The van der Waals surface area contributed by atoms with E-state index in [9.17, 15) is 14.0 Å². The minimum Gasteiger partial charge on any atom is -0.486 e. The topological polar surface area (TPSA) is 79.7 Å². The van der Waals surface area contributed by atoms with Crippen molar-refractivity contribution in [2.45, 2.75) is 25.6 Å². The molecular formula is C17H16ClFN2O4S. The Morgan fingerprint density at radius 3 is 2.73 bits per heavy atom. The Balaban J connectivity index is 1.67. The first kappa shape index (κ1) is 18.6. The predicted octanol–water partition coefficient (Wildman–Crippen LogP) is 3.32. The lowest BCUT2D eigenvalue weighted by Gasteiger charge is -2.17. The van der Waals surface area contributed by atoms with Gasteiger partial charge in [0.2, 0.25) is 5.67 Å². The van der Waals surface area contributed by atoms with E-state index >= 15 is 0 Å². The van der Waals surface area contributed by atoms with Gasteiger partial charge < -0.3 is 14.7 Å². The molecule has 1 atom stereocenters. The van der Waals surface area contributed by atoms with Gasteiger partial charge in [0.1, 0.15) is 22.2 Å². The maximum Gasteiger partial charge on any atom is 0.343 e. The number of rotatable bonds is 5. The van der Waals surface area contributed by atoms with Crippen molar-refractivity contribution in [2.75, 3.05) is 13.1 Å². The average molecular weight is 399 g/mol. The standard InChI is InChI=1S/C17H16ClFN2O4S/c1-10-14(15(22)21-7-6-17(19,9-21)16(23)24)26-13(20-10)8-25-12-4-2-11(18)3-5-12/h2-5H,6-9H2,1H3,(H,23,24). The molecule has 3 rings (SSSR count). The first-order valence-corrected chi connectivity index (χ1v) is 9.04. The van der Waals surface area contributed by atoms with Gasteiger partial charge in [-0.1, -0.05) is 11.6 Å². The minimum absolute atomic E-state index is 0.0651. The Kier molecular flexibility index (Phi) is 5.15. The number of carbonyl (C=O) groups excluding carboxylic acids is 1. The van der Waals surface area contributed by atoms with Crippen molar-refractivity contribution >= 4 is 34.8 Å². The maximum absolute atomic E-state index is 14.2. The van der Waals surface area contributed by atoms with Crippen LogP contribution in [0.25, 0.3) is 0 Å². The molecule has 0 bridgehead atoms. The number of halogens is 2. The van der Waals surface area contributed by atoms with E-state index in [1.54, 1.807) is 31.2 Å². The zero-order valence-electron chi connectivity index (χ0n) is 13.9. The highest BCUT2D eigenvalue weighted by molar-refractivity contribution is 7.13. The zero-order valence-corrected chi connectivity index (χ0v) is 15.4. The molecule has 9 heteroatoms. The van der Waals surface area contributed by atoms with Gasteiger partial charge in [0.05, 0.1) is 12.2 Å². The predicted molar refractivity (Wildman–Crippen MR) is 94.6 cm³/mol. The third-order valence-corrected chi connectivity index (χ3v) is 5.47. The molecule has 1 amide bonds. The summed E-state index contributed by atoms with van der Waals surface area (Å²) in [6, 6.07) is 6.87. The monoisotopic (exact) mass is 398 g/mol. The Bertz CT molecular complexity index is 842. The highest BCUT2D eigenvalue weighted by Crippen LogP contribution is 2.29. The summed E-state index contributed by atoms with van der Waals surface area (Å²) in [5.74, 6) is -1.32. The molecule has 1 unspecified atom stereocenters. The highest BCUT2D eigenvalue weighted by atomic mass is 35.5. The number of hydrogen-bond acceptors (Lipinski definition) is 5. The van der Waals surface area contributed by atoms with Gasteiger partial charge in [-0.2, -0.15) is 0 Å². The van der Waals surface area contributed by atoms with Crippen LogP contribution < -0.4 is 4.74 Å². The van der Waals surface area contributed by atoms with Gasteiger partial charge in [-0.3, -0.25) is 4.79 Å². The van der Waals surface area contributed by atoms with E-state index in [-0.39, 0.29) is 19.6 Å². The van der Waals surface area contributed by atoms with Gasteiger partial charge in [-0.25, -0.2) is 14.2 Å². The first-order valence-electron chi connectivity index (χ1n) is 7.85. The smallest absolute Gasteiger partial charge is 0.343 e. The van der Waals surface area contributed by atoms with Crippen LogP contribution >= 0.6 is 22.9 Å². The summed E-state index contributed by atoms with van der Waals surface area (Å²) in [7, 11) is 0. The molecule has 6 nitrogen and oxygen atoms in total. The molecule has 1 aromatic heterocycles. The number of thiazole rings is 1. The fourth-order valence-electron chi connectivity index (χ4n) is 2.65. The lowest BCUT2D eigenvalue weighted by atomic mass is 10.1. The summed E-state index contributed by atoms with van der Waals surface area (Å²) in [5.41, 5.74) is -1.87. The largest absolute Gasteiger partial charge is 0.486 e. The number of aliphatic carboxylic acids is 1. The number of alkyl halides is 1. The molecule has 0 saturated carbocycles. The average Bonchev–Trinajstić information content (AvgIpc) is 3.18. The second-order valence-electron chi connectivity index (χ2n) is 6.01.